The van der Waals surface area contributed by atoms with Gasteiger partial charge >= 0.3 is 23.9 Å². The summed E-state index contributed by atoms with van der Waals surface area (Å²) in [7, 11) is 0. The summed E-state index contributed by atoms with van der Waals surface area (Å²) in [5.41, 5.74) is 0. The summed E-state index contributed by atoms with van der Waals surface area (Å²) in [6.07, 6.45) is 48.6. The fourth-order valence-electron chi connectivity index (χ4n) is 8.87. The third-order valence-electron chi connectivity index (χ3n) is 14.1. The van der Waals surface area contributed by atoms with Crippen molar-refractivity contribution in [3.05, 3.63) is 0 Å². The Balaban J connectivity index is 0. The molecule has 0 aliphatic rings. The number of esters is 4. The first-order valence-electron chi connectivity index (χ1n) is 30.6. The van der Waals surface area contributed by atoms with Gasteiger partial charge in [-0.1, -0.05) is 248 Å². The molecule has 8 nitrogen and oxygen atoms in total. The van der Waals surface area contributed by atoms with Crippen molar-refractivity contribution in [2.45, 2.75) is 325 Å². The summed E-state index contributed by atoms with van der Waals surface area (Å²) in [5.74, 6) is 2.48. The van der Waals surface area contributed by atoms with Crippen molar-refractivity contribution in [3.63, 3.8) is 0 Å². The van der Waals surface area contributed by atoms with E-state index in [1.54, 1.807) is 0 Å². The predicted molar refractivity (Wildman–Crippen MR) is 297 cm³/mol. The number of unbranched alkanes of at least 4 members (excludes halogenated alkanes) is 26. The molecule has 70 heavy (non-hydrogen) atoms. The molecule has 0 aromatic rings. The van der Waals surface area contributed by atoms with Gasteiger partial charge in [0.1, 0.15) is 0 Å². The molecule has 0 aromatic heterocycles. The molecule has 0 aliphatic heterocycles. The normalized spacial score (nSPS) is 12.1. The molecule has 0 bridgehead atoms. The van der Waals surface area contributed by atoms with Crippen molar-refractivity contribution in [2.24, 2.45) is 23.7 Å². The highest BCUT2D eigenvalue weighted by atomic mass is 16.5. The molecule has 0 aliphatic carbocycles. The van der Waals surface area contributed by atoms with Crippen molar-refractivity contribution in [2.75, 3.05) is 26.4 Å². The van der Waals surface area contributed by atoms with Crippen LogP contribution in [0.3, 0.4) is 0 Å². The van der Waals surface area contributed by atoms with E-state index in [0.29, 0.717) is 75.8 Å². The molecule has 0 spiro atoms. The van der Waals surface area contributed by atoms with E-state index in [2.05, 4.69) is 55.4 Å². The Hall–Kier alpha value is -2.12. The molecular weight excluding hydrogens is 873 g/mol. The summed E-state index contributed by atoms with van der Waals surface area (Å²) >= 11 is 0. The highest BCUT2D eigenvalue weighted by molar-refractivity contribution is 5.70. The van der Waals surface area contributed by atoms with Crippen LogP contribution in [-0.2, 0) is 38.1 Å². The Kier molecular flexibility index (Phi) is 56.1. The Morgan fingerprint density at radius 3 is 0.800 bits per heavy atom. The van der Waals surface area contributed by atoms with Gasteiger partial charge in [0.15, 0.2) is 0 Å². The van der Waals surface area contributed by atoms with Gasteiger partial charge in [-0.3, -0.25) is 19.2 Å². The smallest absolute Gasteiger partial charge is 0.305 e. The lowest BCUT2D eigenvalue weighted by Crippen LogP contribution is -2.10. The second-order valence-electron chi connectivity index (χ2n) is 21.8. The maximum absolute atomic E-state index is 11.9. The van der Waals surface area contributed by atoms with Gasteiger partial charge in [0.2, 0.25) is 0 Å². The lowest BCUT2D eigenvalue weighted by atomic mass is 9.93. The number of rotatable bonds is 52. The minimum atomic E-state index is -0.0203. The highest BCUT2D eigenvalue weighted by Gasteiger charge is 2.13. The van der Waals surface area contributed by atoms with Crippen molar-refractivity contribution in [1.29, 1.82) is 0 Å². The first-order valence-corrected chi connectivity index (χ1v) is 30.6. The van der Waals surface area contributed by atoms with Crippen LogP contribution in [0.15, 0.2) is 0 Å². The molecule has 0 fully saturated rings. The van der Waals surface area contributed by atoms with E-state index in [-0.39, 0.29) is 23.9 Å². The van der Waals surface area contributed by atoms with Crippen molar-refractivity contribution < 1.29 is 38.1 Å². The van der Waals surface area contributed by atoms with Gasteiger partial charge in [-0.2, -0.15) is 0 Å². The van der Waals surface area contributed by atoms with Crippen molar-refractivity contribution >= 4 is 23.9 Å². The number of hydrogen-bond acceptors (Lipinski definition) is 8. The van der Waals surface area contributed by atoms with Crippen molar-refractivity contribution in [1.82, 2.24) is 0 Å². The third kappa shape index (κ3) is 56.8. The number of hydrogen-bond donors (Lipinski definition) is 0. The molecule has 0 aromatic carbocycles. The summed E-state index contributed by atoms with van der Waals surface area (Å²) < 4.78 is 21.2. The maximum atomic E-state index is 11.9. The average molecular weight is 994 g/mol. The van der Waals surface area contributed by atoms with Crippen LogP contribution in [-0.4, -0.2) is 50.3 Å². The van der Waals surface area contributed by atoms with E-state index >= 15 is 0 Å². The number of ether oxygens (including phenoxy) is 4. The first-order chi connectivity index (χ1) is 34.0. The van der Waals surface area contributed by atoms with Gasteiger partial charge in [-0.15, -0.1) is 0 Å². The molecule has 0 saturated carbocycles. The largest absolute Gasteiger partial charge is 0.466 e. The Morgan fingerprint density at radius 1 is 0.271 bits per heavy atom. The van der Waals surface area contributed by atoms with Crippen LogP contribution in [0.25, 0.3) is 0 Å². The van der Waals surface area contributed by atoms with Crippen molar-refractivity contribution in [3.8, 4) is 0 Å². The molecule has 8 heteroatoms. The maximum Gasteiger partial charge on any atom is 0.305 e. The second-order valence-corrected chi connectivity index (χ2v) is 21.8. The van der Waals surface area contributed by atoms with E-state index in [1.807, 2.05) is 0 Å². The van der Waals surface area contributed by atoms with Gasteiger partial charge in [-0.25, -0.2) is 0 Å². The molecule has 416 valence electrons. The lowest BCUT2D eigenvalue weighted by molar-refractivity contribution is -0.145. The molecule has 2 atom stereocenters. The Morgan fingerprint density at radius 2 is 0.529 bits per heavy atom. The van der Waals surface area contributed by atoms with Crippen LogP contribution < -0.4 is 0 Å². The topological polar surface area (TPSA) is 105 Å². The fraction of sp³-hybridized carbons (Fsp3) is 0.935. The van der Waals surface area contributed by atoms with Crippen LogP contribution in [0.5, 0.6) is 0 Å². The van der Waals surface area contributed by atoms with Crippen LogP contribution in [0.1, 0.15) is 325 Å². The molecule has 0 saturated heterocycles. The first kappa shape index (κ1) is 70.0. The van der Waals surface area contributed by atoms with Crippen LogP contribution in [0.4, 0.5) is 0 Å². The van der Waals surface area contributed by atoms with Crippen LogP contribution >= 0.6 is 0 Å². The summed E-state index contributed by atoms with van der Waals surface area (Å²) in [6, 6.07) is 0. The van der Waals surface area contributed by atoms with Crippen LogP contribution in [0, 0.1) is 23.7 Å². The predicted octanol–water partition coefficient (Wildman–Crippen LogP) is 19.2. The summed E-state index contributed by atoms with van der Waals surface area (Å²) in [5, 5.41) is 0. The SMILES string of the molecule is CCC(CCCCCCCCCCCCCCC(=O)OCCC(C)C)CCC(=O)OCCC(C)C.CCCCCOC(=O)CCCCCCCCCCCCCCC(CC)CCC(=O)OCCCCC. The van der Waals surface area contributed by atoms with E-state index in [0.717, 1.165) is 89.9 Å². The molecular formula is C62H120O8. The summed E-state index contributed by atoms with van der Waals surface area (Å²) in [4.78, 5) is 47.0. The van der Waals surface area contributed by atoms with E-state index in [4.69, 9.17) is 18.9 Å². The number of carbonyl (C=O) groups excluding carboxylic acids is 4. The second kappa shape index (κ2) is 56.2. The Bertz CT molecular complexity index is 1120. The van der Waals surface area contributed by atoms with Gasteiger partial charge in [-0.05, 0) is 75.0 Å². The molecule has 0 heterocycles. The quantitative estimate of drug-likeness (QED) is 0.0337. The average Bonchev–Trinajstić information content (AvgIpc) is 3.33. The van der Waals surface area contributed by atoms with Gasteiger partial charge in [0, 0.05) is 25.7 Å². The Labute approximate surface area is 435 Å². The van der Waals surface area contributed by atoms with E-state index < -0.39 is 0 Å². The fourth-order valence-corrected chi connectivity index (χ4v) is 8.87. The number of carbonyl (C=O) groups is 4. The monoisotopic (exact) mass is 993 g/mol. The van der Waals surface area contributed by atoms with E-state index in [1.165, 1.54) is 154 Å². The van der Waals surface area contributed by atoms with Gasteiger partial charge in [0.25, 0.3) is 0 Å². The molecule has 2 unspecified atom stereocenters. The zero-order chi connectivity index (χ0) is 52.0. The molecule has 0 N–H and O–H groups in total. The van der Waals surface area contributed by atoms with Gasteiger partial charge in [0.05, 0.1) is 26.4 Å². The summed E-state index contributed by atoms with van der Waals surface area (Å²) in [6.45, 7) is 19.8. The minimum Gasteiger partial charge on any atom is -0.466 e. The highest BCUT2D eigenvalue weighted by Crippen LogP contribution is 2.22. The third-order valence-corrected chi connectivity index (χ3v) is 14.1. The lowest BCUT2D eigenvalue weighted by Gasteiger charge is -2.14. The minimum absolute atomic E-state index is 0.00239. The zero-order valence-corrected chi connectivity index (χ0v) is 48.1. The van der Waals surface area contributed by atoms with Gasteiger partial charge < -0.3 is 18.9 Å². The standard InChI is InChI=1S/2C31H60O4/c1-6-29(21-22-31(33)35-26-24-28(4)5)19-17-15-13-11-9-7-8-10-12-14-16-18-20-30(32)34-25-23-27(2)3;1-4-7-21-27-34-30(32)24-20-18-16-14-12-10-9-11-13-15-17-19-23-29(6-3)25-26-31(33)35-28-22-8-5-2/h27-29H,6-26H2,1-5H3;29H,4-28H2,1-3H3. The molecule has 0 rings (SSSR count). The van der Waals surface area contributed by atoms with E-state index in [9.17, 15) is 19.2 Å². The zero-order valence-electron chi connectivity index (χ0n) is 48.1. The molecule has 0 radical (unpaired) electrons. The van der Waals surface area contributed by atoms with Crippen LogP contribution in [0.2, 0.25) is 0 Å². The molecule has 0 amide bonds.